The normalized spacial score (nSPS) is 12.9. The van der Waals surface area contributed by atoms with Gasteiger partial charge < -0.3 is 14.2 Å². The van der Waals surface area contributed by atoms with Crippen molar-refractivity contribution in [3.05, 3.63) is 109 Å². The van der Waals surface area contributed by atoms with E-state index in [1.807, 2.05) is 0 Å². The predicted molar refractivity (Wildman–Crippen MR) is 288 cm³/mol. The molecule has 0 aromatic heterocycles. The van der Waals surface area contributed by atoms with Gasteiger partial charge in [0, 0.05) is 19.3 Å². The SMILES string of the molecule is CC/C=C\C/C=C\C/C=C\C/C=C\C/C=C\CCCC(=O)O[C@H](COC(=O)CCCCCC/C=C\C/C=C\C/C=C\CCCCC)COC(=O)CCCCCCC/C=C\CCCCCCCC. The molecule has 0 heterocycles. The maximum absolute atomic E-state index is 12.8. The molecule has 6 heteroatoms. The monoisotopic (exact) mass is 929 g/mol. The van der Waals surface area contributed by atoms with Crippen LogP contribution in [0.25, 0.3) is 0 Å². The minimum Gasteiger partial charge on any atom is -0.462 e. The predicted octanol–water partition coefficient (Wildman–Crippen LogP) is 18.3. The number of ether oxygens (including phenoxy) is 3. The van der Waals surface area contributed by atoms with Gasteiger partial charge in [-0.05, 0) is 122 Å². The van der Waals surface area contributed by atoms with E-state index < -0.39 is 6.10 Å². The van der Waals surface area contributed by atoms with Crippen LogP contribution in [0.15, 0.2) is 109 Å². The van der Waals surface area contributed by atoms with Crippen molar-refractivity contribution in [2.24, 2.45) is 0 Å². The molecular formula is C61H100O6. The third kappa shape index (κ3) is 52.9. The molecule has 0 radical (unpaired) electrons. The van der Waals surface area contributed by atoms with Gasteiger partial charge in [0.15, 0.2) is 6.10 Å². The third-order valence-corrected chi connectivity index (χ3v) is 11.2. The summed E-state index contributed by atoms with van der Waals surface area (Å²) in [5, 5.41) is 0. The Morgan fingerprint density at radius 2 is 0.597 bits per heavy atom. The summed E-state index contributed by atoms with van der Waals surface area (Å²) in [6.07, 6.45) is 73.6. The molecule has 0 N–H and O–H groups in total. The fraction of sp³-hybridized carbons (Fsp3) is 0.656. The number of esters is 3. The first-order valence-electron chi connectivity index (χ1n) is 27.4. The first-order valence-corrected chi connectivity index (χ1v) is 27.4. The van der Waals surface area contributed by atoms with E-state index in [1.165, 1.54) is 77.0 Å². The lowest BCUT2D eigenvalue weighted by Crippen LogP contribution is -2.30. The maximum atomic E-state index is 12.8. The van der Waals surface area contributed by atoms with Crippen LogP contribution in [0.3, 0.4) is 0 Å². The van der Waals surface area contributed by atoms with E-state index in [2.05, 4.69) is 130 Å². The number of hydrogen-bond donors (Lipinski definition) is 0. The second kappa shape index (κ2) is 54.7. The van der Waals surface area contributed by atoms with E-state index in [4.69, 9.17) is 14.2 Å². The second-order valence-corrected chi connectivity index (χ2v) is 17.7. The van der Waals surface area contributed by atoms with Crippen LogP contribution in [0.2, 0.25) is 0 Å². The summed E-state index contributed by atoms with van der Waals surface area (Å²) in [5.74, 6) is -1.01. The molecule has 0 rings (SSSR count). The summed E-state index contributed by atoms with van der Waals surface area (Å²) >= 11 is 0. The fourth-order valence-electron chi connectivity index (χ4n) is 7.13. The molecule has 0 amide bonds. The third-order valence-electron chi connectivity index (χ3n) is 11.2. The number of hydrogen-bond acceptors (Lipinski definition) is 6. The van der Waals surface area contributed by atoms with Crippen molar-refractivity contribution < 1.29 is 28.6 Å². The Labute approximate surface area is 412 Å². The van der Waals surface area contributed by atoms with Gasteiger partial charge in [0.1, 0.15) is 13.2 Å². The highest BCUT2D eigenvalue weighted by molar-refractivity contribution is 5.71. The van der Waals surface area contributed by atoms with Crippen LogP contribution >= 0.6 is 0 Å². The van der Waals surface area contributed by atoms with Gasteiger partial charge >= 0.3 is 17.9 Å². The van der Waals surface area contributed by atoms with E-state index in [9.17, 15) is 14.4 Å². The van der Waals surface area contributed by atoms with E-state index in [-0.39, 0.29) is 37.5 Å². The van der Waals surface area contributed by atoms with Crippen LogP contribution in [-0.2, 0) is 28.6 Å². The van der Waals surface area contributed by atoms with Gasteiger partial charge in [0.25, 0.3) is 0 Å². The number of unbranched alkanes of at least 4 members (excludes halogenated alkanes) is 19. The van der Waals surface area contributed by atoms with Gasteiger partial charge in [-0.2, -0.15) is 0 Å². The van der Waals surface area contributed by atoms with Gasteiger partial charge in [-0.25, -0.2) is 0 Å². The van der Waals surface area contributed by atoms with Crippen LogP contribution in [0.5, 0.6) is 0 Å². The second-order valence-electron chi connectivity index (χ2n) is 17.7. The van der Waals surface area contributed by atoms with Crippen LogP contribution < -0.4 is 0 Å². The molecule has 0 aliphatic heterocycles. The molecule has 6 nitrogen and oxygen atoms in total. The Kier molecular flexibility index (Phi) is 51.5. The molecule has 0 aromatic rings. The summed E-state index contributed by atoms with van der Waals surface area (Å²) in [6.45, 7) is 6.41. The van der Waals surface area contributed by atoms with Crippen molar-refractivity contribution in [1.29, 1.82) is 0 Å². The molecule has 0 spiro atoms. The van der Waals surface area contributed by atoms with E-state index in [0.29, 0.717) is 19.3 Å². The van der Waals surface area contributed by atoms with Crippen molar-refractivity contribution in [3.63, 3.8) is 0 Å². The molecule has 0 saturated heterocycles. The molecule has 0 aliphatic rings. The Bertz CT molecular complexity index is 1390. The topological polar surface area (TPSA) is 78.9 Å². The van der Waals surface area contributed by atoms with Crippen molar-refractivity contribution in [2.75, 3.05) is 13.2 Å². The zero-order chi connectivity index (χ0) is 48.6. The molecule has 1 atom stereocenters. The highest BCUT2D eigenvalue weighted by Gasteiger charge is 2.19. The van der Waals surface area contributed by atoms with Crippen molar-refractivity contribution >= 4 is 17.9 Å². The van der Waals surface area contributed by atoms with Gasteiger partial charge in [0.05, 0.1) is 0 Å². The van der Waals surface area contributed by atoms with Crippen LogP contribution in [0, 0.1) is 0 Å². The minimum absolute atomic E-state index is 0.114. The molecule has 0 saturated carbocycles. The largest absolute Gasteiger partial charge is 0.462 e. The lowest BCUT2D eigenvalue weighted by molar-refractivity contribution is -0.167. The number of allylic oxidation sites excluding steroid dienone is 18. The zero-order valence-electron chi connectivity index (χ0n) is 43.4. The molecule has 0 bridgehead atoms. The lowest BCUT2D eigenvalue weighted by Gasteiger charge is -2.18. The molecule has 0 aromatic carbocycles. The number of carbonyl (C=O) groups excluding carboxylic acids is 3. The van der Waals surface area contributed by atoms with Gasteiger partial charge in [0.2, 0.25) is 0 Å². The summed E-state index contributed by atoms with van der Waals surface area (Å²) in [5.41, 5.74) is 0. The Balaban J connectivity index is 4.55. The van der Waals surface area contributed by atoms with E-state index >= 15 is 0 Å². The van der Waals surface area contributed by atoms with E-state index in [1.54, 1.807) is 0 Å². The summed E-state index contributed by atoms with van der Waals surface area (Å²) < 4.78 is 16.8. The Hall–Kier alpha value is -3.93. The maximum Gasteiger partial charge on any atom is 0.306 e. The fourth-order valence-corrected chi connectivity index (χ4v) is 7.13. The molecule has 67 heavy (non-hydrogen) atoms. The zero-order valence-corrected chi connectivity index (χ0v) is 43.4. The van der Waals surface area contributed by atoms with E-state index in [0.717, 1.165) is 116 Å². The summed E-state index contributed by atoms with van der Waals surface area (Å²) in [7, 11) is 0. The standard InChI is InChI=1S/C61H100O6/c1-4-7-10-13-16-19-22-25-28-30-33-36-39-42-45-48-51-54-60(63)66-57-58(56-65-59(62)53-50-47-44-41-38-35-32-27-24-21-18-15-12-9-6-3)67-61(64)55-52-49-46-43-40-37-34-31-29-26-23-20-17-14-11-8-5-2/h8,11,16-17,19-20,25-29,32-34,36-37,43,46,58H,4-7,9-10,12-15,18,21-24,30-31,35,38-42,44-45,47-57H2,1-3H3/b11-8-,19-16-,20-17-,28-25-,29-26-,32-27-,36-33-,37-34-,46-43-/t58-/m0/s1. The highest BCUT2D eigenvalue weighted by Crippen LogP contribution is 2.13. The van der Waals surface area contributed by atoms with Gasteiger partial charge in [-0.1, -0.05) is 207 Å². The lowest BCUT2D eigenvalue weighted by atomic mass is 10.1. The average molecular weight is 929 g/mol. The molecular weight excluding hydrogens is 829 g/mol. The average Bonchev–Trinajstić information content (AvgIpc) is 3.33. The van der Waals surface area contributed by atoms with Crippen LogP contribution in [-0.4, -0.2) is 37.2 Å². The van der Waals surface area contributed by atoms with Crippen LogP contribution in [0.1, 0.15) is 239 Å². The quantitative estimate of drug-likeness (QED) is 0.0262. The Morgan fingerprint density at radius 1 is 0.313 bits per heavy atom. The number of carbonyl (C=O) groups is 3. The minimum atomic E-state index is -0.822. The van der Waals surface area contributed by atoms with Crippen molar-refractivity contribution in [2.45, 2.75) is 245 Å². The first-order chi connectivity index (χ1) is 33.0. The molecule has 380 valence electrons. The molecule has 0 aliphatic carbocycles. The smallest absolute Gasteiger partial charge is 0.306 e. The Morgan fingerprint density at radius 3 is 1.00 bits per heavy atom. The molecule has 0 fully saturated rings. The van der Waals surface area contributed by atoms with Gasteiger partial charge in [-0.15, -0.1) is 0 Å². The number of rotatable bonds is 48. The van der Waals surface area contributed by atoms with Crippen molar-refractivity contribution in [3.8, 4) is 0 Å². The molecule has 0 unspecified atom stereocenters. The summed E-state index contributed by atoms with van der Waals surface area (Å²) in [4.78, 5) is 38.1. The summed E-state index contributed by atoms with van der Waals surface area (Å²) in [6, 6.07) is 0. The van der Waals surface area contributed by atoms with Crippen molar-refractivity contribution in [1.82, 2.24) is 0 Å². The van der Waals surface area contributed by atoms with Gasteiger partial charge in [-0.3, -0.25) is 14.4 Å². The highest BCUT2D eigenvalue weighted by atomic mass is 16.6. The van der Waals surface area contributed by atoms with Crippen LogP contribution in [0.4, 0.5) is 0 Å². The first kappa shape index (κ1) is 63.1.